The zero-order valence-electron chi connectivity index (χ0n) is 13.3. The Kier molecular flexibility index (Phi) is 3.84. The monoisotopic (exact) mass is 369 g/mol. The first kappa shape index (κ1) is 15.4. The molecule has 5 aliphatic carbocycles. The number of halogens is 1. The zero-order chi connectivity index (χ0) is 15.4. The van der Waals surface area contributed by atoms with Crippen LogP contribution < -0.4 is 5.32 Å². The highest BCUT2D eigenvalue weighted by Gasteiger charge is 2.60. The minimum absolute atomic E-state index is 0.00311. The molecule has 0 aliphatic heterocycles. The highest BCUT2D eigenvalue weighted by Crippen LogP contribution is 2.65. The summed E-state index contributed by atoms with van der Waals surface area (Å²) >= 11 is 4.01. The van der Waals surface area contributed by atoms with Crippen LogP contribution in [0.15, 0.2) is 0 Å². The SMILES string of the molecule is O=C(O)[C@H](NC1CCCCC1)C12C[C@H]3C[C@@H](CC(Br)(C3)C1)C2. The van der Waals surface area contributed by atoms with E-state index < -0.39 is 5.97 Å². The molecule has 22 heavy (non-hydrogen) atoms. The predicted octanol–water partition coefficient (Wildman–Crippen LogP) is 4.10. The van der Waals surface area contributed by atoms with Crippen LogP contribution >= 0.6 is 15.9 Å². The van der Waals surface area contributed by atoms with Crippen molar-refractivity contribution in [1.82, 2.24) is 5.32 Å². The highest BCUT2D eigenvalue weighted by atomic mass is 79.9. The Hall–Kier alpha value is -0.0900. The summed E-state index contributed by atoms with van der Waals surface area (Å²) in [6.07, 6.45) is 13.3. The van der Waals surface area contributed by atoms with Crippen molar-refractivity contribution in [2.45, 2.75) is 87.0 Å². The van der Waals surface area contributed by atoms with Crippen LogP contribution in [-0.4, -0.2) is 27.5 Å². The molecule has 5 aliphatic rings. The van der Waals surface area contributed by atoms with Gasteiger partial charge in [0.25, 0.3) is 0 Å². The number of carboxylic acid groups (broad SMARTS) is 1. The Morgan fingerprint density at radius 3 is 2.27 bits per heavy atom. The fourth-order valence-electron chi connectivity index (χ4n) is 6.57. The summed E-state index contributed by atoms with van der Waals surface area (Å²) in [5.41, 5.74) is -0.00311. The van der Waals surface area contributed by atoms with E-state index in [1.54, 1.807) is 0 Å². The molecule has 0 aromatic rings. The third-order valence-corrected chi connectivity index (χ3v) is 7.83. The Balaban J connectivity index is 1.57. The molecule has 0 spiro atoms. The van der Waals surface area contributed by atoms with Gasteiger partial charge in [-0.05, 0) is 68.6 Å². The number of carbonyl (C=O) groups is 1. The van der Waals surface area contributed by atoms with E-state index in [0.29, 0.717) is 6.04 Å². The van der Waals surface area contributed by atoms with Crippen LogP contribution in [0.1, 0.15) is 70.6 Å². The van der Waals surface area contributed by atoms with Gasteiger partial charge in [-0.2, -0.15) is 0 Å². The molecule has 5 saturated carbocycles. The minimum atomic E-state index is -0.608. The van der Waals surface area contributed by atoms with E-state index in [9.17, 15) is 9.90 Å². The molecule has 0 amide bonds. The van der Waals surface area contributed by atoms with Crippen LogP contribution in [0.3, 0.4) is 0 Å². The lowest BCUT2D eigenvalue weighted by molar-refractivity contribution is -0.150. The van der Waals surface area contributed by atoms with Gasteiger partial charge in [0.2, 0.25) is 0 Å². The van der Waals surface area contributed by atoms with E-state index in [2.05, 4.69) is 21.2 Å². The molecule has 2 N–H and O–H groups in total. The number of hydrogen-bond donors (Lipinski definition) is 2. The van der Waals surface area contributed by atoms with Gasteiger partial charge in [0.1, 0.15) is 6.04 Å². The molecule has 3 nitrogen and oxygen atoms in total. The molecule has 5 fully saturated rings. The second-order valence-electron chi connectivity index (χ2n) is 8.75. The zero-order valence-corrected chi connectivity index (χ0v) is 14.9. The Labute approximate surface area is 141 Å². The number of nitrogens with one attached hydrogen (secondary N) is 1. The van der Waals surface area contributed by atoms with Crippen molar-refractivity contribution < 1.29 is 9.90 Å². The van der Waals surface area contributed by atoms with Gasteiger partial charge in [0.15, 0.2) is 0 Å². The molecule has 4 bridgehead atoms. The molecule has 0 heterocycles. The lowest BCUT2D eigenvalue weighted by Crippen LogP contribution is -2.63. The average molecular weight is 370 g/mol. The maximum absolute atomic E-state index is 12.1. The van der Waals surface area contributed by atoms with Crippen LogP contribution in [-0.2, 0) is 4.79 Å². The summed E-state index contributed by atoms with van der Waals surface area (Å²) in [6.45, 7) is 0. The van der Waals surface area contributed by atoms with E-state index >= 15 is 0 Å². The fraction of sp³-hybridized carbons (Fsp3) is 0.944. The summed E-state index contributed by atoms with van der Waals surface area (Å²) in [5, 5.41) is 13.6. The van der Waals surface area contributed by atoms with E-state index in [1.807, 2.05) is 0 Å². The molecule has 0 unspecified atom stereocenters. The average Bonchev–Trinajstić information content (AvgIpc) is 2.42. The predicted molar refractivity (Wildman–Crippen MR) is 90.2 cm³/mol. The topological polar surface area (TPSA) is 49.3 Å². The molecule has 5 rings (SSSR count). The van der Waals surface area contributed by atoms with Crippen molar-refractivity contribution in [3.63, 3.8) is 0 Å². The standard InChI is InChI=1S/C18H28BrNO2/c19-18-9-12-6-13(10-18)8-17(7-12,11-18)15(16(21)22)20-14-4-2-1-3-5-14/h12-15,20H,1-11H2,(H,21,22)/t12-,13-,15+,17?,18?/m1/s1. The number of hydrogen-bond acceptors (Lipinski definition) is 2. The third-order valence-electron chi connectivity index (χ3n) is 6.90. The smallest absolute Gasteiger partial charge is 0.321 e. The fourth-order valence-corrected chi connectivity index (χ4v) is 8.05. The van der Waals surface area contributed by atoms with Gasteiger partial charge in [0.05, 0.1) is 0 Å². The van der Waals surface area contributed by atoms with Gasteiger partial charge in [0, 0.05) is 10.4 Å². The second kappa shape index (κ2) is 5.47. The molecule has 3 atom stereocenters. The number of alkyl halides is 1. The molecular weight excluding hydrogens is 342 g/mol. The lowest BCUT2D eigenvalue weighted by atomic mass is 9.47. The Bertz CT molecular complexity index is 446. The lowest BCUT2D eigenvalue weighted by Gasteiger charge is -2.62. The van der Waals surface area contributed by atoms with Crippen LogP contribution in [0, 0.1) is 17.3 Å². The van der Waals surface area contributed by atoms with E-state index in [1.165, 1.54) is 38.5 Å². The van der Waals surface area contributed by atoms with Gasteiger partial charge in [-0.25, -0.2) is 0 Å². The van der Waals surface area contributed by atoms with Crippen molar-refractivity contribution in [2.75, 3.05) is 0 Å². The van der Waals surface area contributed by atoms with Gasteiger partial charge in [-0.15, -0.1) is 0 Å². The summed E-state index contributed by atoms with van der Waals surface area (Å²) in [4.78, 5) is 12.1. The third kappa shape index (κ3) is 2.64. The van der Waals surface area contributed by atoms with E-state index in [-0.39, 0.29) is 15.8 Å². The molecule has 0 aromatic heterocycles. The number of carboxylic acids is 1. The quantitative estimate of drug-likeness (QED) is 0.733. The maximum Gasteiger partial charge on any atom is 0.321 e. The van der Waals surface area contributed by atoms with Crippen molar-refractivity contribution in [3.8, 4) is 0 Å². The molecule has 0 radical (unpaired) electrons. The second-order valence-corrected chi connectivity index (χ2v) is 10.4. The van der Waals surface area contributed by atoms with E-state index in [0.717, 1.165) is 43.9 Å². The maximum atomic E-state index is 12.1. The minimum Gasteiger partial charge on any atom is -0.480 e. The van der Waals surface area contributed by atoms with Crippen LogP contribution in [0.4, 0.5) is 0 Å². The molecule has 0 aromatic carbocycles. The normalized spacial score (nSPS) is 45.9. The summed E-state index contributed by atoms with van der Waals surface area (Å²) in [5.74, 6) is 0.884. The first-order chi connectivity index (χ1) is 10.5. The van der Waals surface area contributed by atoms with Gasteiger partial charge >= 0.3 is 5.97 Å². The van der Waals surface area contributed by atoms with Gasteiger partial charge < -0.3 is 10.4 Å². The molecular formula is C18H28BrNO2. The van der Waals surface area contributed by atoms with Gasteiger partial charge in [-0.3, -0.25) is 4.79 Å². The number of aliphatic carboxylic acids is 1. The van der Waals surface area contributed by atoms with Crippen molar-refractivity contribution in [3.05, 3.63) is 0 Å². The van der Waals surface area contributed by atoms with Crippen LogP contribution in [0.25, 0.3) is 0 Å². The summed E-state index contributed by atoms with van der Waals surface area (Å²) in [6, 6.07) is 0.0903. The summed E-state index contributed by atoms with van der Waals surface area (Å²) in [7, 11) is 0. The largest absolute Gasteiger partial charge is 0.480 e. The number of rotatable bonds is 4. The van der Waals surface area contributed by atoms with Gasteiger partial charge in [-0.1, -0.05) is 35.2 Å². The van der Waals surface area contributed by atoms with Crippen molar-refractivity contribution >= 4 is 21.9 Å². The highest BCUT2D eigenvalue weighted by molar-refractivity contribution is 9.10. The van der Waals surface area contributed by atoms with Crippen molar-refractivity contribution in [2.24, 2.45) is 17.3 Å². The first-order valence-corrected chi connectivity index (χ1v) is 9.95. The first-order valence-electron chi connectivity index (χ1n) is 9.16. The van der Waals surface area contributed by atoms with Crippen LogP contribution in [0.5, 0.6) is 0 Å². The molecule has 0 saturated heterocycles. The van der Waals surface area contributed by atoms with Crippen molar-refractivity contribution in [1.29, 1.82) is 0 Å². The summed E-state index contributed by atoms with van der Waals surface area (Å²) < 4.78 is 0.235. The van der Waals surface area contributed by atoms with Crippen LogP contribution in [0.2, 0.25) is 0 Å². The Morgan fingerprint density at radius 1 is 1.09 bits per heavy atom. The Morgan fingerprint density at radius 2 is 1.73 bits per heavy atom. The van der Waals surface area contributed by atoms with E-state index in [4.69, 9.17) is 0 Å². The molecule has 124 valence electrons. The molecule has 4 heteroatoms.